The summed E-state index contributed by atoms with van der Waals surface area (Å²) in [5.74, 6) is 0.955. The lowest BCUT2D eigenvalue weighted by Crippen LogP contribution is -3.12. The van der Waals surface area contributed by atoms with E-state index >= 15 is 0 Å². The number of hydrogen-bond donors (Lipinski definition) is 2. The van der Waals surface area contributed by atoms with Crippen LogP contribution in [0.1, 0.15) is 24.0 Å². The number of phenolic OH excluding ortho intramolecular Hbond substituents is 1. The van der Waals surface area contributed by atoms with E-state index in [0.29, 0.717) is 11.6 Å². The molecule has 1 aliphatic heterocycles. The molecular weight excluding hydrogens is 336 g/mol. The number of quaternary nitrogens is 1. The molecule has 0 bridgehead atoms. The summed E-state index contributed by atoms with van der Waals surface area (Å²) in [6.45, 7) is 3.24. The summed E-state index contributed by atoms with van der Waals surface area (Å²) < 4.78 is 5.20. The number of halogens is 1. The molecular formula is C20H24ClN2O2+. The minimum atomic E-state index is 0.232. The van der Waals surface area contributed by atoms with Crippen molar-refractivity contribution in [3.63, 3.8) is 0 Å². The molecule has 2 aromatic carbocycles. The third kappa shape index (κ3) is 4.97. The third-order valence-electron chi connectivity index (χ3n) is 4.69. The first-order chi connectivity index (χ1) is 12.1. The molecule has 2 N–H and O–H groups in total. The first-order valence-corrected chi connectivity index (χ1v) is 9.00. The van der Waals surface area contributed by atoms with Gasteiger partial charge in [0.15, 0.2) is 0 Å². The largest absolute Gasteiger partial charge is 0.507 e. The number of piperidine rings is 1. The van der Waals surface area contributed by atoms with E-state index in [1.54, 1.807) is 36.4 Å². The Morgan fingerprint density at radius 2 is 1.92 bits per heavy atom. The fraction of sp³-hybridized carbons (Fsp3) is 0.350. The molecule has 1 heterocycles. The number of ether oxygens (including phenoxy) is 1. The van der Waals surface area contributed by atoms with Crippen LogP contribution in [0.25, 0.3) is 0 Å². The minimum Gasteiger partial charge on any atom is -0.507 e. The van der Waals surface area contributed by atoms with Crippen LogP contribution in [0.5, 0.6) is 11.5 Å². The Morgan fingerprint density at radius 3 is 2.60 bits per heavy atom. The number of aliphatic imine (C=N–C) groups is 1. The van der Waals surface area contributed by atoms with Gasteiger partial charge < -0.3 is 14.7 Å². The SMILES string of the molecule is COc1ccc(O)c(C=NC2CC[NH+](Cc3ccc(Cl)cc3)CC2)c1. The highest BCUT2D eigenvalue weighted by molar-refractivity contribution is 6.30. The molecule has 1 saturated heterocycles. The summed E-state index contributed by atoms with van der Waals surface area (Å²) >= 11 is 5.94. The molecule has 0 unspecified atom stereocenters. The van der Waals surface area contributed by atoms with Crippen LogP contribution >= 0.6 is 11.6 Å². The van der Waals surface area contributed by atoms with Gasteiger partial charge in [-0.15, -0.1) is 0 Å². The molecule has 25 heavy (non-hydrogen) atoms. The van der Waals surface area contributed by atoms with Gasteiger partial charge in [-0.3, -0.25) is 4.99 Å². The van der Waals surface area contributed by atoms with Crippen LogP contribution in [0.2, 0.25) is 5.02 Å². The van der Waals surface area contributed by atoms with E-state index in [1.807, 2.05) is 12.1 Å². The van der Waals surface area contributed by atoms with Gasteiger partial charge in [-0.1, -0.05) is 23.7 Å². The molecule has 1 fully saturated rings. The van der Waals surface area contributed by atoms with E-state index in [4.69, 9.17) is 16.3 Å². The Kier molecular flexibility index (Phi) is 5.95. The number of rotatable bonds is 5. The molecule has 4 nitrogen and oxygen atoms in total. The number of likely N-dealkylation sites (tertiary alicyclic amines) is 1. The summed E-state index contributed by atoms with van der Waals surface area (Å²) in [7, 11) is 1.62. The highest BCUT2D eigenvalue weighted by Crippen LogP contribution is 2.21. The van der Waals surface area contributed by atoms with E-state index in [9.17, 15) is 5.11 Å². The lowest BCUT2D eigenvalue weighted by atomic mass is 10.0. The monoisotopic (exact) mass is 359 g/mol. The lowest BCUT2D eigenvalue weighted by Gasteiger charge is -2.27. The van der Waals surface area contributed by atoms with Crippen molar-refractivity contribution in [1.82, 2.24) is 0 Å². The van der Waals surface area contributed by atoms with Gasteiger partial charge in [-0.25, -0.2) is 0 Å². The zero-order valence-electron chi connectivity index (χ0n) is 14.4. The zero-order chi connectivity index (χ0) is 17.6. The Balaban J connectivity index is 1.53. The van der Waals surface area contributed by atoms with Crippen LogP contribution in [-0.2, 0) is 6.54 Å². The predicted octanol–water partition coefficient (Wildman–Crippen LogP) is 2.72. The zero-order valence-corrected chi connectivity index (χ0v) is 15.2. The lowest BCUT2D eigenvalue weighted by molar-refractivity contribution is -0.918. The number of benzene rings is 2. The van der Waals surface area contributed by atoms with E-state index in [0.717, 1.165) is 43.2 Å². The van der Waals surface area contributed by atoms with Gasteiger partial charge in [0, 0.05) is 35.2 Å². The molecule has 2 aromatic rings. The second-order valence-corrected chi connectivity index (χ2v) is 6.92. The van der Waals surface area contributed by atoms with Crippen molar-refractivity contribution in [3.8, 4) is 11.5 Å². The maximum Gasteiger partial charge on any atom is 0.124 e. The number of nitrogens with zero attached hydrogens (tertiary/aromatic N) is 1. The van der Waals surface area contributed by atoms with Gasteiger partial charge in [0.1, 0.15) is 18.0 Å². The van der Waals surface area contributed by atoms with Crippen LogP contribution in [0.3, 0.4) is 0 Å². The first-order valence-electron chi connectivity index (χ1n) is 8.62. The normalized spacial score (nSPS) is 20.7. The molecule has 0 saturated carbocycles. The average Bonchev–Trinajstić information content (AvgIpc) is 2.64. The average molecular weight is 360 g/mol. The van der Waals surface area contributed by atoms with E-state index in [-0.39, 0.29) is 5.75 Å². The molecule has 1 aliphatic rings. The van der Waals surface area contributed by atoms with E-state index in [1.165, 1.54) is 5.56 Å². The molecule has 0 atom stereocenters. The van der Waals surface area contributed by atoms with Crippen molar-refractivity contribution < 1.29 is 14.7 Å². The van der Waals surface area contributed by atoms with Crippen LogP contribution < -0.4 is 9.64 Å². The number of methoxy groups -OCH3 is 1. The van der Waals surface area contributed by atoms with Gasteiger partial charge in [-0.05, 0) is 30.3 Å². The number of nitrogens with one attached hydrogen (secondary N) is 1. The highest BCUT2D eigenvalue weighted by Gasteiger charge is 2.21. The molecule has 132 valence electrons. The summed E-state index contributed by atoms with van der Waals surface area (Å²) in [6.07, 6.45) is 3.89. The molecule has 3 rings (SSSR count). The summed E-state index contributed by atoms with van der Waals surface area (Å²) in [4.78, 5) is 6.25. The summed E-state index contributed by atoms with van der Waals surface area (Å²) in [5.41, 5.74) is 2.03. The van der Waals surface area contributed by atoms with Crippen LogP contribution in [-0.4, -0.2) is 37.6 Å². The maximum absolute atomic E-state index is 9.93. The number of aromatic hydroxyl groups is 1. The number of hydrogen-bond acceptors (Lipinski definition) is 3. The van der Waals surface area contributed by atoms with Crippen LogP contribution in [0.15, 0.2) is 47.5 Å². The van der Waals surface area contributed by atoms with Crippen molar-refractivity contribution >= 4 is 17.8 Å². The second-order valence-electron chi connectivity index (χ2n) is 6.49. The smallest absolute Gasteiger partial charge is 0.124 e. The summed E-state index contributed by atoms with van der Waals surface area (Å²) in [5, 5.41) is 10.7. The van der Waals surface area contributed by atoms with Crippen molar-refractivity contribution in [3.05, 3.63) is 58.6 Å². The highest BCUT2D eigenvalue weighted by atomic mass is 35.5. The topological polar surface area (TPSA) is 46.3 Å². The Morgan fingerprint density at radius 1 is 1.20 bits per heavy atom. The quantitative estimate of drug-likeness (QED) is 0.806. The second kappa shape index (κ2) is 8.37. The summed E-state index contributed by atoms with van der Waals surface area (Å²) in [6, 6.07) is 13.6. The molecule has 0 spiro atoms. The molecule has 0 amide bonds. The van der Waals surface area contributed by atoms with Crippen LogP contribution in [0.4, 0.5) is 0 Å². The number of phenols is 1. The third-order valence-corrected chi connectivity index (χ3v) is 4.94. The fourth-order valence-electron chi connectivity index (χ4n) is 3.18. The molecule has 0 aromatic heterocycles. The van der Waals surface area contributed by atoms with Crippen molar-refractivity contribution in [1.29, 1.82) is 0 Å². The first kappa shape index (κ1) is 17.8. The van der Waals surface area contributed by atoms with Crippen molar-refractivity contribution in [2.75, 3.05) is 20.2 Å². The molecule has 0 radical (unpaired) electrons. The van der Waals surface area contributed by atoms with Crippen molar-refractivity contribution in [2.45, 2.75) is 25.4 Å². The Labute approximate surface area is 153 Å². The standard InChI is InChI=1S/C20H23ClN2O2/c1-25-19-6-7-20(24)16(12-19)13-22-18-8-10-23(11-9-18)14-15-2-4-17(21)5-3-15/h2-7,12-13,18,24H,8-11,14H2,1H3/p+1. The van der Waals surface area contributed by atoms with Gasteiger partial charge >= 0.3 is 0 Å². The minimum absolute atomic E-state index is 0.232. The van der Waals surface area contributed by atoms with Gasteiger partial charge in [0.25, 0.3) is 0 Å². The van der Waals surface area contributed by atoms with E-state index in [2.05, 4.69) is 17.1 Å². The van der Waals surface area contributed by atoms with Gasteiger partial charge in [-0.2, -0.15) is 0 Å². The van der Waals surface area contributed by atoms with E-state index < -0.39 is 0 Å². The van der Waals surface area contributed by atoms with Crippen LogP contribution in [0, 0.1) is 0 Å². The fourth-order valence-corrected chi connectivity index (χ4v) is 3.30. The van der Waals surface area contributed by atoms with Gasteiger partial charge in [0.2, 0.25) is 0 Å². The predicted molar refractivity (Wildman–Crippen MR) is 101 cm³/mol. The molecule has 5 heteroatoms. The Bertz CT molecular complexity index is 723. The van der Waals surface area contributed by atoms with Gasteiger partial charge in [0.05, 0.1) is 26.2 Å². The Hall–Kier alpha value is -2.04. The molecule has 0 aliphatic carbocycles. The van der Waals surface area contributed by atoms with Crippen molar-refractivity contribution in [2.24, 2.45) is 4.99 Å². The maximum atomic E-state index is 9.93.